The van der Waals surface area contributed by atoms with Gasteiger partial charge in [-0.05, 0) is 36.4 Å². The van der Waals surface area contributed by atoms with Crippen molar-refractivity contribution in [1.82, 2.24) is 0 Å². The van der Waals surface area contributed by atoms with Gasteiger partial charge in [0.15, 0.2) is 0 Å². The molecule has 0 aliphatic heterocycles. The number of anilines is 2. The molecule has 7 heteroatoms. The van der Waals surface area contributed by atoms with Crippen LogP contribution in [0.25, 0.3) is 0 Å². The molecule has 0 aliphatic rings. The number of nitrogens with one attached hydrogen (secondary N) is 1. The van der Waals surface area contributed by atoms with Gasteiger partial charge >= 0.3 is 6.18 Å². The van der Waals surface area contributed by atoms with Crippen molar-refractivity contribution in [3.8, 4) is 0 Å². The minimum absolute atomic E-state index is 0.112. The molecule has 0 bridgehead atoms. The number of carbonyl (C=O) groups excluding carboxylic acids is 1. The molecule has 110 valence electrons. The number of rotatable bonds is 2. The maximum Gasteiger partial charge on any atom is 0.416 e. The topological polar surface area (TPSA) is 55.1 Å². The minimum Gasteiger partial charge on any atom is -0.397 e. The summed E-state index contributed by atoms with van der Waals surface area (Å²) < 4.78 is 37.8. The van der Waals surface area contributed by atoms with Gasteiger partial charge in [-0.2, -0.15) is 13.2 Å². The standard InChI is InChI=1S/C14H10ClF3N2O/c15-10-4-5-12(11(19)7-10)20-13(21)8-2-1-3-9(6-8)14(16,17)18/h1-7H,19H2,(H,20,21). The Morgan fingerprint density at radius 2 is 1.86 bits per heavy atom. The molecule has 0 spiro atoms. The predicted molar refractivity (Wildman–Crippen MR) is 75.3 cm³/mol. The zero-order valence-electron chi connectivity index (χ0n) is 10.5. The normalized spacial score (nSPS) is 11.2. The molecule has 0 radical (unpaired) electrons. The van der Waals surface area contributed by atoms with Gasteiger partial charge < -0.3 is 11.1 Å². The molecule has 0 atom stereocenters. The van der Waals surface area contributed by atoms with E-state index in [1.165, 1.54) is 30.3 Å². The van der Waals surface area contributed by atoms with Crippen molar-refractivity contribution in [2.45, 2.75) is 6.18 Å². The highest BCUT2D eigenvalue weighted by Crippen LogP contribution is 2.30. The maximum absolute atomic E-state index is 12.6. The van der Waals surface area contributed by atoms with Gasteiger partial charge in [-0.25, -0.2) is 0 Å². The Hall–Kier alpha value is -2.21. The Bertz CT molecular complexity index is 686. The molecule has 2 rings (SSSR count). The number of alkyl halides is 3. The highest BCUT2D eigenvalue weighted by atomic mass is 35.5. The van der Waals surface area contributed by atoms with E-state index in [2.05, 4.69) is 5.32 Å². The molecule has 0 heterocycles. The number of nitrogen functional groups attached to an aromatic ring is 1. The third-order valence-corrected chi connectivity index (χ3v) is 2.95. The number of amides is 1. The second kappa shape index (κ2) is 5.65. The summed E-state index contributed by atoms with van der Waals surface area (Å²) in [6.07, 6.45) is -4.50. The van der Waals surface area contributed by atoms with Crippen LogP contribution in [0.4, 0.5) is 24.5 Å². The Balaban J connectivity index is 2.25. The molecular weight excluding hydrogens is 305 g/mol. The molecule has 0 unspecified atom stereocenters. The van der Waals surface area contributed by atoms with Crippen LogP contribution in [0.5, 0.6) is 0 Å². The SMILES string of the molecule is Nc1cc(Cl)ccc1NC(=O)c1cccc(C(F)(F)F)c1. The molecule has 2 aromatic carbocycles. The molecule has 0 saturated carbocycles. The van der Waals surface area contributed by atoms with E-state index >= 15 is 0 Å². The summed E-state index contributed by atoms with van der Waals surface area (Å²) in [5.74, 6) is -0.685. The fourth-order valence-corrected chi connectivity index (χ4v) is 1.86. The zero-order chi connectivity index (χ0) is 15.6. The molecular formula is C14H10ClF3N2O. The van der Waals surface area contributed by atoms with Crippen LogP contribution in [0, 0.1) is 0 Å². The van der Waals surface area contributed by atoms with Gasteiger partial charge in [-0.1, -0.05) is 17.7 Å². The number of carbonyl (C=O) groups is 1. The van der Waals surface area contributed by atoms with Crippen LogP contribution in [0.1, 0.15) is 15.9 Å². The first-order chi connectivity index (χ1) is 9.77. The molecule has 21 heavy (non-hydrogen) atoms. The van der Waals surface area contributed by atoms with Crippen LogP contribution in [0.3, 0.4) is 0 Å². The number of hydrogen-bond acceptors (Lipinski definition) is 2. The second-order valence-electron chi connectivity index (χ2n) is 4.26. The van der Waals surface area contributed by atoms with Crippen LogP contribution in [-0.4, -0.2) is 5.91 Å². The quantitative estimate of drug-likeness (QED) is 0.816. The van der Waals surface area contributed by atoms with E-state index in [1.807, 2.05) is 0 Å². The lowest BCUT2D eigenvalue weighted by Gasteiger charge is -2.10. The lowest BCUT2D eigenvalue weighted by molar-refractivity contribution is -0.137. The third kappa shape index (κ3) is 3.66. The Morgan fingerprint density at radius 1 is 1.14 bits per heavy atom. The third-order valence-electron chi connectivity index (χ3n) is 2.71. The van der Waals surface area contributed by atoms with Crippen LogP contribution < -0.4 is 11.1 Å². The highest BCUT2D eigenvalue weighted by Gasteiger charge is 2.30. The van der Waals surface area contributed by atoms with Crippen LogP contribution >= 0.6 is 11.6 Å². The fraction of sp³-hybridized carbons (Fsp3) is 0.0714. The van der Waals surface area contributed by atoms with Crippen molar-refractivity contribution >= 4 is 28.9 Å². The molecule has 0 aromatic heterocycles. The van der Waals surface area contributed by atoms with E-state index in [-0.39, 0.29) is 16.9 Å². The van der Waals surface area contributed by atoms with E-state index in [0.717, 1.165) is 12.1 Å². The largest absolute Gasteiger partial charge is 0.416 e. The van der Waals surface area contributed by atoms with E-state index in [1.54, 1.807) is 0 Å². The zero-order valence-corrected chi connectivity index (χ0v) is 11.3. The van der Waals surface area contributed by atoms with E-state index < -0.39 is 17.6 Å². The van der Waals surface area contributed by atoms with Crippen molar-refractivity contribution in [3.05, 3.63) is 58.6 Å². The fourth-order valence-electron chi connectivity index (χ4n) is 1.68. The molecule has 0 aliphatic carbocycles. The highest BCUT2D eigenvalue weighted by molar-refractivity contribution is 6.31. The van der Waals surface area contributed by atoms with Gasteiger partial charge in [0.2, 0.25) is 0 Å². The molecule has 3 nitrogen and oxygen atoms in total. The Kier molecular flexibility index (Phi) is 4.09. The van der Waals surface area contributed by atoms with Crippen molar-refractivity contribution in [1.29, 1.82) is 0 Å². The van der Waals surface area contributed by atoms with Crippen molar-refractivity contribution in [2.75, 3.05) is 11.1 Å². The monoisotopic (exact) mass is 314 g/mol. The Labute approximate surface area is 123 Å². The van der Waals surface area contributed by atoms with Crippen molar-refractivity contribution < 1.29 is 18.0 Å². The van der Waals surface area contributed by atoms with Gasteiger partial charge in [0.25, 0.3) is 5.91 Å². The van der Waals surface area contributed by atoms with E-state index in [0.29, 0.717) is 5.02 Å². The summed E-state index contributed by atoms with van der Waals surface area (Å²) in [4.78, 5) is 12.0. The number of nitrogens with two attached hydrogens (primary N) is 1. The van der Waals surface area contributed by atoms with Gasteiger partial charge in [0.1, 0.15) is 0 Å². The summed E-state index contributed by atoms with van der Waals surface area (Å²) in [6.45, 7) is 0. The van der Waals surface area contributed by atoms with Crippen LogP contribution in [-0.2, 0) is 6.18 Å². The maximum atomic E-state index is 12.6. The van der Waals surface area contributed by atoms with Crippen molar-refractivity contribution in [2.24, 2.45) is 0 Å². The number of halogens is 4. The Morgan fingerprint density at radius 3 is 2.48 bits per heavy atom. The predicted octanol–water partition coefficient (Wildman–Crippen LogP) is 4.19. The number of hydrogen-bond donors (Lipinski definition) is 2. The molecule has 1 amide bonds. The van der Waals surface area contributed by atoms with Crippen LogP contribution in [0.15, 0.2) is 42.5 Å². The average Bonchev–Trinajstić information content (AvgIpc) is 2.41. The lowest BCUT2D eigenvalue weighted by Crippen LogP contribution is -2.14. The first-order valence-corrected chi connectivity index (χ1v) is 6.19. The summed E-state index contributed by atoms with van der Waals surface area (Å²) in [5.41, 5.74) is 5.17. The van der Waals surface area contributed by atoms with Gasteiger partial charge in [-0.3, -0.25) is 4.79 Å². The molecule has 3 N–H and O–H groups in total. The first-order valence-electron chi connectivity index (χ1n) is 5.81. The molecule has 2 aromatic rings. The smallest absolute Gasteiger partial charge is 0.397 e. The van der Waals surface area contributed by atoms with Gasteiger partial charge in [-0.15, -0.1) is 0 Å². The number of benzene rings is 2. The summed E-state index contributed by atoms with van der Waals surface area (Å²) in [6, 6.07) is 8.56. The summed E-state index contributed by atoms with van der Waals surface area (Å²) >= 11 is 5.72. The van der Waals surface area contributed by atoms with E-state index in [4.69, 9.17) is 17.3 Å². The molecule has 0 saturated heterocycles. The van der Waals surface area contributed by atoms with Crippen molar-refractivity contribution in [3.63, 3.8) is 0 Å². The minimum atomic E-state index is -4.50. The van der Waals surface area contributed by atoms with E-state index in [9.17, 15) is 18.0 Å². The second-order valence-corrected chi connectivity index (χ2v) is 4.70. The average molecular weight is 315 g/mol. The van der Waals surface area contributed by atoms with Crippen LogP contribution in [0.2, 0.25) is 5.02 Å². The molecule has 0 fully saturated rings. The van der Waals surface area contributed by atoms with Gasteiger partial charge in [0, 0.05) is 10.6 Å². The lowest BCUT2D eigenvalue weighted by atomic mass is 10.1. The summed E-state index contributed by atoms with van der Waals surface area (Å²) in [7, 11) is 0. The summed E-state index contributed by atoms with van der Waals surface area (Å²) in [5, 5.41) is 2.84. The first kappa shape index (κ1) is 15.2. The van der Waals surface area contributed by atoms with Gasteiger partial charge in [0.05, 0.1) is 16.9 Å².